The van der Waals surface area contributed by atoms with E-state index in [9.17, 15) is 26.4 Å². The predicted octanol–water partition coefficient (Wildman–Crippen LogP) is 2.29. The van der Waals surface area contributed by atoms with Gasteiger partial charge in [-0.3, -0.25) is 4.79 Å². The molecule has 0 unspecified atom stereocenters. The van der Waals surface area contributed by atoms with Crippen molar-refractivity contribution >= 4 is 15.7 Å². The lowest BCUT2D eigenvalue weighted by atomic mass is 10.1. The highest BCUT2D eigenvalue weighted by Gasteiger charge is 2.33. The molecule has 2 rings (SSSR count). The largest absolute Gasteiger partial charge is 0.416 e. The van der Waals surface area contributed by atoms with Crippen LogP contribution in [0.4, 0.5) is 13.2 Å². The van der Waals surface area contributed by atoms with Crippen LogP contribution in [0.3, 0.4) is 0 Å². The predicted molar refractivity (Wildman–Crippen MR) is 74.7 cm³/mol. The fourth-order valence-electron chi connectivity index (χ4n) is 1.86. The van der Waals surface area contributed by atoms with E-state index in [1.165, 1.54) is 6.92 Å². The standard InChI is InChI=1S/C14H16F3NO3S/c1-9(13(19)18-12-6-7-12)22(20,21)8-10-2-4-11(5-3-10)14(15,16)17/h2-5,9,12H,6-8H2,1H3,(H,18,19)/t9-/m1/s1. The van der Waals surface area contributed by atoms with Gasteiger partial charge in [0.15, 0.2) is 9.84 Å². The molecule has 22 heavy (non-hydrogen) atoms. The number of hydrogen-bond acceptors (Lipinski definition) is 3. The second-order valence-electron chi connectivity index (χ2n) is 5.43. The van der Waals surface area contributed by atoms with Gasteiger partial charge in [0.25, 0.3) is 0 Å². The molecule has 1 atom stereocenters. The summed E-state index contributed by atoms with van der Waals surface area (Å²) in [7, 11) is -3.77. The summed E-state index contributed by atoms with van der Waals surface area (Å²) in [5, 5.41) is 1.38. The molecular formula is C14H16F3NO3S. The molecule has 0 heterocycles. The summed E-state index contributed by atoms with van der Waals surface area (Å²) in [4.78, 5) is 11.8. The van der Waals surface area contributed by atoms with Gasteiger partial charge in [-0.05, 0) is 37.5 Å². The summed E-state index contributed by atoms with van der Waals surface area (Å²) in [6, 6.07) is 3.95. The third-order valence-electron chi connectivity index (χ3n) is 3.48. The Morgan fingerprint density at radius 2 is 1.82 bits per heavy atom. The van der Waals surface area contributed by atoms with Crippen molar-refractivity contribution in [3.05, 3.63) is 35.4 Å². The fourth-order valence-corrected chi connectivity index (χ4v) is 3.16. The lowest BCUT2D eigenvalue weighted by Gasteiger charge is -2.13. The van der Waals surface area contributed by atoms with E-state index in [1.807, 2.05) is 0 Å². The minimum Gasteiger partial charge on any atom is -0.352 e. The number of amides is 1. The van der Waals surface area contributed by atoms with E-state index in [4.69, 9.17) is 0 Å². The Balaban J connectivity index is 2.05. The second kappa shape index (κ2) is 5.91. The summed E-state index contributed by atoms with van der Waals surface area (Å²) < 4.78 is 61.6. The van der Waals surface area contributed by atoms with Crippen LogP contribution in [0.5, 0.6) is 0 Å². The van der Waals surface area contributed by atoms with Crippen molar-refractivity contribution in [3.63, 3.8) is 0 Å². The van der Waals surface area contributed by atoms with Crippen LogP contribution >= 0.6 is 0 Å². The number of carbonyl (C=O) groups is 1. The van der Waals surface area contributed by atoms with E-state index in [-0.39, 0.29) is 11.6 Å². The molecule has 0 radical (unpaired) electrons. The summed E-state index contributed by atoms with van der Waals surface area (Å²) in [5.41, 5.74) is -0.618. The van der Waals surface area contributed by atoms with Crippen LogP contribution in [0.1, 0.15) is 30.9 Å². The van der Waals surface area contributed by atoms with Gasteiger partial charge in [0.2, 0.25) is 5.91 Å². The van der Waals surface area contributed by atoms with E-state index >= 15 is 0 Å². The molecule has 1 aromatic carbocycles. The maximum atomic E-state index is 12.4. The Kier molecular flexibility index (Phi) is 4.51. The first-order valence-electron chi connectivity index (χ1n) is 6.77. The first-order chi connectivity index (χ1) is 10.1. The molecule has 1 aliphatic rings. The third-order valence-corrected chi connectivity index (χ3v) is 5.51. The van der Waals surface area contributed by atoms with Crippen molar-refractivity contribution in [2.24, 2.45) is 0 Å². The highest BCUT2D eigenvalue weighted by molar-refractivity contribution is 7.92. The molecule has 0 aliphatic heterocycles. The van der Waals surface area contributed by atoms with Crippen LogP contribution < -0.4 is 5.32 Å². The Morgan fingerprint density at radius 1 is 1.27 bits per heavy atom. The SMILES string of the molecule is C[C@H](C(=O)NC1CC1)S(=O)(=O)Cc1ccc(C(F)(F)F)cc1. The molecule has 1 aromatic rings. The molecule has 1 N–H and O–H groups in total. The molecule has 1 aliphatic carbocycles. The number of benzene rings is 1. The number of halogens is 3. The maximum Gasteiger partial charge on any atom is 0.416 e. The minimum absolute atomic E-state index is 0.0521. The Bertz CT molecular complexity index is 649. The molecule has 1 fully saturated rings. The lowest BCUT2D eigenvalue weighted by Crippen LogP contribution is -2.39. The van der Waals surface area contributed by atoms with E-state index in [2.05, 4.69) is 5.32 Å². The zero-order valence-electron chi connectivity index (χ0n) is 11.9. The Hall–Kier alpha value is -1.57. The van der Waals surface area contributed by atoms with Gasteiger partial charge in [0.1, 0.15) is 5.25 Å². The molecule has 1 amide bonds. The Labute approximate surface area is 126 Å². The number of nitrogens with one attached hydrogen (secondary N) is 1. The lowest BCUT2D eigenvalue weighted by molar-refractivity contribution is -0.137. The van der Waals surface area contributed by atoms with Gasteiger partial charge in [0, 0.05) is 6.04 Å². The van der Waals surface area contributed by atoms with Gasteiger partial charge >= 0.3 is 6.18 Å². The first kappa shape index (κ1) is 16.8. The van der Waals surface area contributed by atoms with Gasteiger partial charge in [-0.2, -0.15) is 13.2 Å². The molecule has 0 saturated heterocycles. The van der Waals surface area contributed by atoms with Gasteiger partial charge in [-0.15, -0.1) is 0 Å². The van der Waals surface area contributed by atoms with Crippen molar-refractivity contribution in [3.8, 4) is 0 Å². The van der Waals surface area contributed by atoms with Crippen LogP contribution in [0.15, 0.2) is 24.3 Å². The summed E-state index contributed by atoms with van der Waals surface area (Å²) in [6.07, 6.45) is -2.77. The van der Waals surface area contributed by atoms with Crippen LogP contribution in [-0.2, 0) is 26.6 Å². The Morgan fingerprint density at radius 3 is 2.27 bits per heavy atom. The maximum absolute atomic E-state index is 12.4. The molecule has 0 bridgehead atoms. The second-order valence-corrected chi connectivity index (χ2v) is 7.75. The van der Waals surface area contributed by atoms with Crippen molar-refractivity contribution in [1.82, 2.24) is 5.32 Å². The fraction of sp³-hybridized carbons (Fsp3) is 0.500. The summed E-state index contributed by atoms with van der Waals surface area (Å²) >= 11 is 0. The van der Waals surface area contributed by atoms with Crippen molar-refractivity contribution in [2.75, 3.05) is 0 Å². The monoisotopic (exact) mass is 335 g/mol. The van der Waals surface area contributed by atoms with Gasteiger partial charge in [-0.25, -0.2) is 8.42 Å². The van der Waals surface area contributed by atoms with Gasteiger partial charge < -0.3 is 5.32 Å². The zero-order valence-corrected chi connectivity index (χ0v) is 12.7. The van der Waals surface area contributed by atoms with Crippen LogP contribution in [0.25, 0.3) is 0 Å². The molecular weight excluding hydrogens is 319 g/mol. The summed E-state index contributed by atoms with van der Waals surface area (Å²) in [5.74, 6) is -1.03. The number of hydrogen-bond donors (Lipinski definition) is 1. The van der Waals surface area contributed by atoms with E-state index < -0.39 is 38.5 Å². The number of sulfone groups is 1. The van der Waals surface area contributed by atoms with Crippen molar-refractivity contribution in [2.45, 2.75) is 43.0 Å². The molecule has 4 nitrogen and oxygen atoms in total. The molecule has 8 heteroatoms. The highest BCUT2D eigenvalue weighted by atomic mass is 32.2. The number of alkyl halides is 3. The van der Waals surface area contributed by atoms with E-state index in [0.29, 0.717) is 0 Å². The van der Waals surface area contributed by atoms with Crippen molar-refractivity contribution in [1.29, 1.82) is 0 Å². The minimum atomic E-state index is -4.46. The average Bonchev–Trinajstić information content (AvgIpc) is 3.20. The zero-order chi connectivity index (χ0) is 16.5. The average molecular weight is 335 g/mol. The normalized spacial score (nSPS) is 17.1. The highest BCUT2D eigenvalue weighted by Crippen LogP contribution is 2.29. The van der Waals surface area contributed by atoms with Gasteiger partial charge in [-0.1, -0.05) is 12.1 Å². The molecule has 0 aromatic heterocycles. The van der Waals surface area contributed by atoms with Crippen LogP contribution in [0.2, 0.25) is 0 Å². The molecule has 122 valence electrons. The smallest absolute Gasteiger partial charge is 0.352 e. The van der Waals surface area contributed by atoms with Crippen molar-refractivity contribution < 1.29 is 26.4 Å². The summed E-state index contributed by atoms with van der Waals surface area (Å²) in [6.45, 7) is 1.29. The first-order valence-corrected chi connectivity index (χ1v) is 8.49. The topological polar surface area (TPSA) is 63.2 Å². The third kappa shape index (κ3) is 4.22. The number of rotatable bonds is 5. The van der Waals surface area contributed by atoms with E-state index in [1.54, 1.807) is 0 Å². The number of carbonyl (C=O) groups excluding carboxylic acids is 1. The van der Waals surface area contributed by atoms with E-state index in [0.717, 1.165) is 37.1 Å². The van der Waals surface area contributed by atoms with Gasteiger partial charge in [0.05, 0.1) is 11.3 Å². The molecule has 0 spiro atoms. The van der Waals surface area contributed by atoms with Crippen LogP contribution in [-0.4, -0.2) is 25.6 Å². The quantitative estimate of drug-likeness (QED) is 0.898. The van der Waals surface area contributed by atoms with Crippen LogP contribution in [0, 0.1) is 0 Å². The molecule has 1 saturated carbocycles.